The summed E-state index contributed by atoms with van der Waals surface area (Å²) in [5, 5.41) is 12.2. The van der Waals surface area contributed by atoms with E-state index in [1.165, 1.54) is 24.2 Å². The fourth-order valence-electron chi connectivity index (χ4n) is 2.33. The van der Waals surface area contributed by atoms with E-state index in [2.05, 4.69) is 6.92 Å². The normalized spacial score (nSPS) is 22.5. The zero-order valence-corrected chi connectivity index (χ0v) is 9.87. The van der Waals surface area contributed by atoms with Crippen LogP contribution < -0.4 is 0 Å². The molecule has 1 atom stereocenters. The second-order valence-electron chi connectivity index (χ2n) is 4.41. The van der Waals surface area contributed by atoms with E-state index in [4.69, 9.17) is 11.6 Å². The van der Waals surface area contributed by atoms with Crippen LogP contribution in [-0.4, -0.2) is 5.11 Å². The third kappa shape index (κ3) is 1.71. The summed E-state index contributed by atoms with van der Waals surface area (Å²) >= 11 is 7.53. The van der Waals surface area contributed by atoms with Gasteiger partial charge in [-0.15, -0.1) is 11.3 Å². The third-order valence-corrected chi connectivity index (χ3v) is 4.55. The first-order valence-corrected chi connectivity index (χ1v) is 6.30. The molecule has 0 aliphatic heterocycles. The van der Waals surface area contributed by atoms with Crippen molar-refractivity contribution in [2.24, 2.45) is 5.41 Å². The van der Waals surface area contributed by atoms with E-state index in [-0.39, 0.29) is 11.5 Å². The van der Waals surface area contributed by atoms with Crippen LogP contribution in [0.1, 0.15) is 44.3 Å². The van der Waals surface area contributed by atoms with Crippen molar-refractivity contribution in [2.45, 2.75) is 38.7 Å². The monoisotopic (exact) mass is 230 g/mol. The molecule has 3 heteroatoms. The fourth-order valence-corrected chi connectivity index (χ4v) is 3.30. The number of aliphatic hydroxyl groups is 1. The molecule has 0 bridgehead atoms. The standard InChI is InChI=1S/C11H15ClOS/c1-11(5-2-3-6-11)9(13)8-4-7-14-10(8)12/h4,7,9,13H,2-3,5-6H2,1H3. The maximum Gasteiger partial charge on any atom is 0.0986 e. The van der Waals surface area contributed by atoms with Gasteiger partial charge in [0, 0.05) is 5.56 Å². The number of hydrogen-bond acceptors (Lipinski definition) is 2. The third-order valence-electron chi connectivity index (χ3n) is 3.35. The Morgan fingerprint density at radius 1 is 1.50 bits per heavy atom. The van der Waals surface area contributed by atoms with Gasteiger partial charge in [0.1, 0.15) is 0 Å². The van der Waals surface area contributed by atoms with Gasteiger partial charge < -0.3 is 5.11 Å². The average Bonchev–Trinajstić information content (AvgIpc) is 2.74. The molecule has 1 fully saturated rings. The number of halogens is 1. The van der Waals surface area contributed by atoms with Crippen LogP contribution in [0.3, 0.4) is 0 Å². The van der Waals surface area contributed by atoms with Crippen LogP contribution in [0.5, 0.6) is 0 Å². The van der Waals surface area contributed by atoms with E-state index in [0.717, 1.165) is 22.7 Å². The van der Waals surface area contributed by atoms with Crippen molar-refractivity contribution in [3.05, 3.63) is 21.3 Å². The Labute approximate surface area is 93.7 Å². The van der Waals surface area contributed by atoms with E-state index in [0.29, 0.717) is 0 Å². The van der Waals surface area contributed by atoms with Crippen molar-refractivity contribution in [1.29, 1.82) is 0 Å². The largest absolute Gasteiger partial charge is 0.388 e. The lowest BCUT2D eigenvalue weighted by atomic mass is 9.80. The molecule has 0 amide bonds. The molecule has 1 heterocycles. The van der Waals surface area contributed by atoms with E-state index in [1.807, 2.05) is 11.4 Å². The molecule has 1 aliphatic carbocycles. The highest BCUT2D eigenvalue weighted by atomic mass is 35.5. The van der Waals surface area contributed by atoms with Crippen LogP contribution in [0.4, 0.5) is 0 Å². The van der Waals surface area contributed by atoms with Crippen LogP contribution in [0, 0.1) is 5.41 Å². The highest BCUT2D eigenvalue weighted by molar-refractivity contribution is 7.14. The average molecular weight is 231 g/mol. The predicted molar refractivity (Wildman–Crippen MR) is 60.9 cm³/mol. The van der Waals surface area contributed by atoms with Gasteiger partial charge in [0.25, 0.3) is 0 Å². The van der Waals surface area contributed by atoms with Crippen molar-refractivity contribution in [1.82, 2.24) is 0 Å². The summed E-state index contributed by atoms with van der Waals surface area (Å²) < 4.78 is 0.741. The van der Waals surface area contributed by atoms with E-state index < -0.39 is 0 Å². The minimum Gasteiger partial charge on any atom is -0.388 e. The molecule has 1 saturated carbocycles. The lowest BCUT2D eigenvalue weighted by Crippen LogP contribution is -2.21. The minimum absolute atomic E-state index is 0.0463. The quantitative estimate of drug-likeness (QED) is 0.814. The summed E-state index contributed by atoms with van der Waals surface area (Å²) in [6.07, 6.45) is 4.30. The number of hydrogen-bond donors (Lipinski definition) is 1. The van der Waals surface area contributed by atoms with Gasteiger partial charge in [-0.05, 0) is 29.7 Å². The predicted octanol–water partition coefficient (Wildman–Crippen LogP) is 4.02. The maximum absolute atomic E-state index is 10.3. The summed E-state index contributed by atoms with van der Waals surface area (Å²) in [4.78, 5) is 0. The van der Waals surface area contributed by atoms with Gasteiger partial charge in [0.15, 0.2) is 0 Å². The number of thiophene rings is 1. The molecule has 1 aliphatic rings. The Hall–Kier alpha value is -0.0500. The van der Waals surface area contributed by atoms with Crippen molar-refractivity contribution in [3.63, 3.8) is 0 Å². The van der Waals surface area contributed by atoms with Crippen LogP contribution in [0.15, 0.2) is 11.4 Å². The van der Waals surface area contributed by atoms with Gasteiger partial charge in [-0.2, -0.15) is 0 Å². The SMILES string of the molecule is CC1(C(O)c2ccsc2Cl)CCCC1. The van der Waals surface area contributed by atoms with E-state index in [9.17, 15) is 5.11 Å². The van der Waals surface area contributed by atoms with Crippen LogP contribution in [0.25, 0.3) is 0 Å². The highest BCUT2D eigenvalue weighted by Crippen LogP contribution is 2.49. The van der Waals surface area contributed by atoms with Crippen LogP contribution in [0.2, 0.25) is 4.34 Å². The fraction of sp³-hybridized carbons (Fsp3) is 0.636. The summed E-state index contributed by atoms with van der Waals surface area (Å²) in [7, 11) is 0. The minimum atomic E-state index is -0.385. The summed E-state index contributed by atoms with van der Waals surface area (Å²) in [5.74, 6) is 0. The van der Waals surface area contributed by atoms with Crippen molar-refractivity contribution in [3.8, 4) is 0 Å². The van der Waals surface area contributed by atoms with Crippen LogP contribution in [-0.2, 0) is 0 Å². The first kappa shape index (κ1) is 10.5. The molecular weight excluding hydrogens is 216 g/mol. The van der Waals surface area contributed by atoms with Gasteiger partial charge in [0.05, 0.1) is 10.4 Å². The van der Waals surface area contributed by atoms with Gasteiger partial charge in [-0.3, -0.25) is 0 Å². The lowest BCUT2D eigenvalue weighted by molar-refractivity contribution is 0.0412. The van der Waals surface area contributed by atoms with E-state index >= 15 is 0 Å². The van der Waals surface area contributed by atoms with Gasteiger partial charge in [-0.25, -0.2) is 0 Å². The molecule has 1 aromatic rings. The molecule has 0 spiro atoms. The Balaban J connectivity index is 2.23. The smallest absolute Gasteiger partial charge is 0.0986 e. The van der Waals surface area contributed by atoms with Gasteiger partial charge in [0.2, 0.25) is 0 Å². The zero-order chi connectivity index (χ0) is 10.2. The molecule has 1 N–H and O–H groups in total. The van der Waals surface area contributed by atoms with Gasteiger partial charge >= 0.3 is 0 Å². The zero-order valence-electron chi connectivity index (χ0n) is 8.29. The molecule has 78 valence electrons. The second kappa shape index (κ2) is 3.84. The van der Waals surface area contributed by atoms with E-state index in [1.54, 1.807) is 0 Å². The number of aliphatic hydroxyl groups excluding tert-OH is 1. The van der Waals surface area contributed by atoms with Gasteiger partial charge in [-0.1, -0.05) is 31.4 Å². The molecular formula is C11H15ClOS. The molecule has 0 aromatic carbocycles. The molecule has 1 nitrogen and oxygen atoms in total. The topological polar surface area (TPSA) is 20.2 Å². The Morgan fingerprint density at radius 3 is 2.64 bits per heavy atom. The maximum atomic E-state index is 10.3. The first-order valence-electron chi connectivity index (χ1n) is 5.04. The molecule has 14 heavy (non-hydrogen) atoms. The van der Waals surface area contributed by atoms with Crippen LogP contribution >= 0.6 is 22.9 Å². The Kier molecular flexibility index (Phi) is 2.87. The molecule has 1 aromatic heterocycles. The Morgan fingerprint density at radius 2 is 2.14 bits per heavy atom. The summed E-state index contributed by atoms with van der Waals surface area (Å²) in [5.41, 5.74) is 0.964. The number of rotatable bonds is 2. The second-order valence-corrected chi connectivity index (χ2v) is 5.93. The molecule has 0 saturated heterocycles. The highest BCUT2D eigenvalue weighted by Gasteiger charge is 2.37. The molecule has 2 rings (SSSR count). The van der Waals surface area contributed by atoms with Crippen molar-refractivity contribution in [2.75, 3.05) is 0 Å². The van der Waals surface area contributed by atoms with Crippen molar-refractivity contribution >= 4 is 22.9 Å². The first-order chi connectivity index (χ1) is 6.63. The molecule has 1 unspecified atom stereocenters. The summed E-state index contributed by atoms with van der Waals surface area (Å²) in [6.45, 7) is 2.17. The lowest BCUT2D eigenvalue weighted by Gasteiger charge is -2.29. The molecule has 0 radical (unpaired) electrons. The summed E-state index contributed by atoms with van der Waals surface area (Å²) in [6, 6.07) is 1.95. The Bertz CT molecular complexity index is 315. The van der Waals surface area contributed by atoms with Crippen molar-refractivity contribution < 1.29 is 5.11 Å².